The molecule has 0 saturated heterocycles. The van der Waals surface area contributed by atoms with Crippen molar-refractivity contribution in [2.24, 2.45) is 4.99 Å². The molecule has 1 aromatic carbocycles. The molecule has 1 heterocycles. The number of carbonyl (C=O) groups excluding carboxylic acids is 1. The van der Waals surface area contributed by atoms with Gasteiger partial charge >= 0.3 is 0 Å². The van der Waals surface area contributed by atoms with Crippen LogP contribution in [0.1, 0.15) is 37.8 Å². The van der Waals surface area contributed by atoms with E-state index in [-0.39, 0.29) is 11.9 Å². The van der Waals surface area contributed by atoms with Crippen molar-refractivity contribution < 1.29 is 4.79 Å². The highest BCUT2D eigenvalue weighted by molar-refractivity contribution is 5.81. The number of amides is 1. The summed E-state index contributed by atoms with van der Waals surface area (Å²) in [5.74, 6) is 0.733. The van der Waals surface area contributed by atoms with Gasteiger partial charge in [-0.3, -0.25) is 14.5 Å². The highest BCUT2D eigenvalue weighted by Gasteiger charge is 2.07. The first-order chi connectivity index (χ1) is 13.1. The summed E-state index contributed by atoms with van der Waals surface area (Å²) in [6.07, 6.45) is 5.08. The Morgan fingerprint density at radius 3 is 2.67 bits per heavy atom. The summed E-state index contributed by atoms with van der Waals surface area (Å²) in [7, 11) is 1.73. The Labute approximate surface area is 161 Å². The Balaban J connectivity index is 1.81. The highest BCUT2D eigenvalue weighted by Crippen LogP contribution is 2.10. The van der Waals surface area contributed by atoms with Gasteiger partial charge in [-0.2, -0.15) is 5.10 Å². The summed E-state index contributed by atoms with van der Waals surface area (Å²) in [6, 6.07) is 10.4. The zero-order chi connectivity index (χ0) is 19.5. The summed E-state index contributed by atoms with van der Waals surface area (Å²) >= 11 is 0. The van der Waals surface area contributed by atoms with Gasteiger partial charge in [-0.1, -0.05) is 31.2 Å². The molecule has 0 radical (unpaired) electrons. The minimum atomic E-state index is 0.0527. The number of guanidine groups is 1. The smallest absolute Gasteiger partial charge is 0.221 e. The molecule has 0 saturated carbocycles. The van der Waals surface area contributed by atoms with Crippen LogP contribution in [0.2, 0.25) is 0 Å². The molecule has 1 unspecified atom stereocenters. The molecular weight excluding hydrogens is 340 g/mol. The SMILES string of the molecule is CCC(C)NC(=O)CCNC(=NC)NCc1ccccc1Cn1cccn1. The van der Waals surface area contributed by atoms with Crippen LogP contribution in [-0.2, 0) is 17.9 Å². The minimum Gasteiger partial charge on any atom is -0.356 e. The van der Waals surface area contributed by atoms with Gasteiger partial charge in [-0.15, -0.1) is 0 Å². The summed E-state index contributed by atoms with van der Waals surface area (Å²) in [4.78, 5) is 16.1. The fourth-order valence-electron chi connectivity index (χ4n) is 2.60. The van der Waals surface area contributed by atoms with Crippen LogP contribution in [0.15, 0.2) is 47.7 Å². The number of nitrogens with one attached hydrogen (secondary N) is 3. The zero-order valence-corrected chi connectivity index (χ0v) is 16.4. The second-order valence-electron chi connectivity index (χ2n) is 6.45. The number of hydrogen-bond acceptors (Lipinski definition) is 3. The molecule has 0 fully saturated rings. The van der Waals surface area contributed by atoms with Crippen molar-refractivity contribution in [1.29, 1.82) is 0 Å². The van der Waals surface area contributed by atoms with Crippen molar-refractivity contribution in [3.8, 4) is 0 Å². The number of aliphatic imine (C=N–C) groups is 1. The fourth-order valence-corrected chi connectivity index (χ4v) is 2.60. The molecule has 7 nitrogen and oxygen atoms in total. The summed E-state index contributed by atoms with van der Waals surface area (Å²) in [5, 5.41) is 13.7. The Bertz CT molecular complexity index is 726. The van der Waals surface area contributed by atoms with Crippen LogP contribution < -0.4 is 16.0 Å². The molecule has 0 spiro atoms. The normalized spacial score (nSPS) is 12.5. The molecule has 0 aliphatic rings. The first-order valence-electron chi connectivity index (χ1n) is 9.40. The van der Waals surface area contributed by atoms with Crippen LogP contribution in [0.5, 0.6) is 0 Å². The maximum absolute atomic E-state index is 11.8. The summed E-state index contributed by atoms with van der Waals surface area (Å²) in [6.45, 7) is 5.98. The first-order valence-corrected chi connectivity index (χ1v) is 9.40. The van der Waals surface area contributed by atoms with Crippen molar-refractivity contribution in [3.63, 3.8) is 0 Å². The topological polar surface area (TPSA) is 83.3 Å². The predicted octanol–water partition coefficient (Wildman–Crippen LogP) is 1.90. The molecule has 1 amide bonds. The van der Waals surface area contributed by atoms with Gasteiger partial charge in [-0.05, 0) is 30.5 Å². The van der Waals surface area contributed by atoms with Crippen LogP contribution in [0.3, 0.4) is 0 Å². The number of benzene rings is 1. The van der Waals surface area contributed by atoms with Gasteiger partial charge in [0.05, 0.1) is 6.54 Å². The van der Waals surface area contributed by atoms with Crippen LogP contribution in [-0.4, -0.2) is 41.3 Å². The Hall–Kier alpha value is -2.83. The number of rotatable bonds is 9. The van der Waals surface area contributed by atoms with E-state index in [0.29, 0.717) is 25.5 Å². The lowest BCUT2D eigenvalue weighted by Crippen LogP contribution is -2.40. The number of nitrogens with zero attached hydrogens (tertiary/aromatic N) is 3. The van der Waals surface area contributed by atoms with Crippen molar-refractivity contribution in [2.75, 3.05) is 13.6 Å². The maximum atomic E-state index is 11.8. The molecule has 2 aromatic rings. The first kappa shape index (κ1) is 20.5. The standard InChI is InChI=1S/C20H30N6O/c1-4-16(2)25-19(27)10-12-22-20(21-3)23-14-17-8-5-6-9-18(17)15-26-13-7-11-24-26/h5-9,11,13,16H,4,10,12,14-15H2,1-3H3,(H,25,27)(H2,21,22,23). The number of aromatic nitrogens is 2. The lowest BCUT2D eigenvalue weighted by atomic mass is 10.1. The van der Waals surface area contributed by atoms with Crippen molar-refractivity contribution in [2.45, 2.75) is 45.8 Å². The van der Waals surface area contributed by atoms with E-state index in [2.05, 4.69) is 45.1 Å². The van der Waals surface area contributed by atoms with Crippen LogP contribution in [0.25, 0.3) is 0 Å². The Kier molecular flexibility index (Phi) is 8.35. The lowest BCUT2D eigenvalue weighted by Gasteiger charge is -2.15. The molecule has 27 heavy (non-hydrogen) atoms. The van der Waals surface area contributed by atoms with Gasteiger partial charge in [0, 0.05) is 45.0 Å². The molecule has 1 aromatic heterocycles. The highest BCUT2D eigenvalue weighted by atomic mass is 16.1. The fraction of sp³-hybridized carbons (Fsp3) is 0.450. The number of carbonyl (C=O) groups is 1. The zero-order valence-electron chi connectivity index (χ0n) is 16.4. The third-order valence-corrected chi connectivity index (χ3v) is 4.34. The van der Waals surface area contributed by atoms with Gasteiger partial charge in [-0.25, -0.2) is 0 Å². The monoisotopic (exact) mass is 370 g/mol. The average molecular weight is 371 g/mol. The van der Waals surface area contributed by atoms with Gasteiger partial charge < -0.3 is 16.0 Å². The molecule has 3 N–H and O–H groups in total. The van der Waals surface area contributed by atoms with E-state index >= 15 is 0 Å². The van der Waals surface area contributed by atoms with Crippen LogP contribution in [0, 0.1) is 0 Å². The lowest BCUT2D eigenvalue weighted by molar-refractivity contribution is -0.121. The van der Waals surface area contributed by atoms with E-state index in [9.17, 15) is 4.79 Å². The maximum Gasteiger partial charge on any atom is 0.221 e. The van der Waals surface area contributed by atoms with Gasteiger partial charge in [0.25, 0.3) is 0 Å². The summed E-state index contributed by atoms with van der Waals surface area (Å²) in [5.41, 5.74) is 2.39. The van der Waals surface area contributed by atoms with E-state index in [0.717, 1.165) is 13.0 Å². The Morgan fingerprint density at radius 2 is 2.00 bits per heavy atom. The predicted molar refractivity (Wildman–Crippen MR) is 108 cm³/mol. The van der Waals surface area contributed by atoms with E-state index in [1.165, 1.54) is 11.1 Å². The van der Waals surface area contributed by atoms with Gasteiger partial charge in [0.15, 0.2) is 5.96 Å². The molecule has 7 heteroatoms. The van der Waals surface area contributed by atoms with Gasteiger partial charge in [0.1, 0.15) is 0 Å². The van der Waals surface area contributed by atoms with Crippen molar-refractivity contribution in [3.05, 3.63) is 53.9 Å². The second kappa shape index (κ2) is 11.0. The molecule has 0 bridgehead atoms. The molecule has 146 valence electrons. The van der Waals surface area contributed by atoms with Gasteiger partial charge in [0.2, 0.25) is 5.91 Å². The Morgan fingerprint density at radius 1 is 1.22 bits per heavy atom. The minimum absolute atomic E-state index is 0.0527. The second-order valence-corrected chi connectivity index (χ2v) is 6.45. The quantitative estimate of drug-likeness (QED) is 0.465. The van der Waals surface area contributed by atoms with E-state index in [1.807, 2.05) is 36.0 Å². The van der Waals surface area contributed by atoms with E-state index in [4.69, 9.17) is 0 Å². The number of hydrogen-bond donors (Lipinski definition) is 3. The third kappa shape index (κ3) is 7.13. The largest absolute Gasteiger partial charge is 0.356 e. The molecule has 1 atom stereocenters. The van der Waals surface area contributed by atoms with E-state index in [1.54, 1.807) is 13.2 Å². The van der Waals surface area contributed by atoms with Crippen molar-refractivity contribution >= 4 is 11.9 Å². The molecule has 2 rings (SSSR count). The summed E-state index contributed by atoms with van der Waals surface area (Å²) < 4.78 is 1.90. The van der Waals surface area contributed by atoms with Crippen LogP contribution in [0.4, 0.5) is 0 Å². The molecule has 0 aliphatic carbocycles. The third-order valence-electron chi connectivity index (χ3n) is 4.34. The van der Waals surface area contributed by atoms with E-state index < -0.39 is 0 Å². The average Bonchev–Trinajstić information content (AvgIpc) is 3.18. The molecular formula is C20H30N6O. The van der Waals surface area contributed by atoms with Crippen LogP contribution >= 0.6 is 0 Å². The molecule has 0 aliphatic heterocycles. The van der Waals surface area contributed by atoms with Crippen molar-refractivity contribution in [1.82, 2.24) is 25.7 Å².